The van der Waals surface area contributed by atoms with E-state index < -0.39 is 0 Å². The first kappa shape index (κ1) is 14.2. The van der Waals surface area contributed by atoms with Crippen molar-refractivity contribution in [2.45, 2.75) is 38.1 Å². The lowest BCUT2D eigenvalue weighted by Crippen LogP contribution is -2.18. The van der Waals surface area contributed by atoms with Gasteiger partial charge in [0.25, 0.3) is 0 Å². The van der Waals surface area contributed by atoms with Gasteiger partial charge in [0.2, 0.25) is 0 Å². The van der Waals surface area contributed by atoms with E-state index in [0.717, 1.165) is 31.6 Å². The van der Waals surface area contributed by atoms with Gasteiger partial charge in [0.1, 0.15) is 5.75 Å². The van der Waals surface area contributed by atoms with Crippen LogP contribution in [0, 0.1) is 0 Å². The van der Waals surface area contributed by atoms with Gasteiger partial charge < -0.3 is 10.5 Å². The minimum absolute atomic E-state index is 0.0638. The van der Waals surface area contributed by atoms with E-state index in [0.29, 0.717) is 5.92 Å². The smallest absolute Gasteiger partial charge is 0.119 e. The molecule has 2 unspecified atom stereocenters. The predicted octanol–water partition coefficient (Wildman–Crippen LogP) is 4.21. The minimum Gasteiger partial charge on any atom is -0.494 e. The molecule has 110 valence electrons. The quantitative estimate of drug-likeness (QED) is 0.891. The number of fused-ring (bicyclic) bond motifs is 1. The second kappa shape index (κ2) is 6.31. The molecule has 1 aliphatic rings. The molecule has 0 bridgehead atoms. The number of rotatable bonds is 5. The fourth-order valence-electron chi connectivity index (χ4n) is 3.20. The maximum Gasteiger partial charge on any atom is 0.119 e. The fraction of sp³-hybridized carbons (Fsp3) is 0.368. The zero-order valence-corrected chi connectivity index (χ0v) is 12.6. The van der Waals surface area contributed by atoms with Crippen LogP contribution in [0.3, 0.4) is 0 Å². The summed E-state index contributed by atoms with van der Waals surface area (Å²) in [6.07, 6.45) is 3.32. The van der Waals surface area contributed by atoms with Crippen LogP contribution in [0.1, 0.15) is 48.4 Å². The molecule has 2 N–H and O–H groups in total. The van der Waals surface area contributed by atoms with Gasteiger partial charge in [-0.1, -0.05) is 43.3 Å². The molecule has 0 fully saturated rings. The van der Waals surface area contributed by atoms with Gasteiger partial charge in [-0.2, -0.15) is 0 Å². The average Bonchev–Trinajstić information content (AvgIpc) is 2.97. The van der Waals surface area contributed by atoms with Crippen molar-refractivity contribution in [2.75, 3.05) is 6.61 Å². The monoisotopic (exact) mass is 281 g/mol. The number of hydrogen-bond acceptors (Lipinski definition) is 2. The van der Waals surface area contributed by atoms with Crippen LogP contribution >= 0.6 is 0 Å². The molecule has 0 saturated carbocycles. The summed E-state index contributed by atoms with van der Waals surface area (Å²) in [6.45, 7) is 2.88. The van der Waals surface area contributed by atoms with Crippen LogP contribution in [0.4, 0.5) is 0 Å². The number of hydrogen-bond donors (Lipinski definition) is 1. The van der Waals surface area contributed by atoms with E-state index in [9.17, 15) is 0 Å². The zero-order chi connectivity index (χ0) is 14.7. The summed E-state index contributed by atoms with van der Waals surface area (Å²) in [5.74, 6) is 1.36. The Labute approximate surface area is 126 Å². The van der Waals surface area contributed by atoms with Crippen molar-refractivity contribution >= 4 is 0 Å². The lowest BCUT2D eigenvalue weighted by molar-refractivity contribution is 0.317. The number of nitrogens with two attached hydrogens (primary N) is 1. The standard InChI is InChI=1S/C19H23NO/c1-2-13-21-16-10-7-15(8-11-16)19(20)18-12-9-14-5-3-4-6-17(14)18/h3-8,10-11,18-19H,2,9,12-13,20H2,1H3. The molecule has 0 radical (unpaired) electrons. The predicted molar refractivity (Wildman–Crippen MR) is 86.7 cm³/mol. The molecule has 2 aromatic carbocycles. The Morgan fingerprint density at radius 2 is 1.90 bits per heavy atom. The Hall–Kier alpha value is -1.80. The van der Waals surface area contributed by atoms with E-state index in [2.05, 4.69) is 43.3 Å². The van der Waals surface area contributed by atoms with Crippen molar-refractivity contribution in [1.29, 1.82) is 0 Å². The molecule has 1 aliphatic carbocycles. The Morgan fingerprint density at radius 3 is 2.67 bits per heavy atom. The summed E-state index contributed by atoms with van der Waals surface area (Å²) >= 11 is 0. The SMILES string of the molecule is CCCOc1ccc(C(N)C2CCc3ccccc32)cc1. The highest BCUT2D eigenvalue weighted by Gasteiger charge is 2.28. The second-order valence-electron chi connectivity index (χ2n) is 5.79. The normalized spacial score (nSPS) is 18.3. The van der Waals surface area contributed by atoms with Gasteiger partial charge in [0.15, 0.2) is 0 Å². The molecule has 0 heterocycles. The maximum absolute atomic E-state index is 6.52. The third-order valence-corrected chi connectivity index (χ3v) is 4.35. The first-order valence-electron chi connectivity index (χ1n) is 7.85. The zero-order valence-electron chi connectivity index (χ0n) is 12.6. The van der Waals surface area contributed by atoms with Crippen molar-refractivity contribution in [3.63, 3.8) is 0 Å². The van der Waals surface area contributed by atoms with Gasteiger partial charge in [-0.05, 0) is 48.1 Å². The van der Waals surface area contributed by atoms with E-state index in [1.165, 1.54) is 16.7 Å². The summed E-state index contributed by atoms with van der Waals surface area (Å²) in [7, 11) is 0. The third-order valence-electron chi connectivity index (χ3n) is 4.35. The molecule has 21 heavy (non-hydrogen) atoms. The third kappa shape index (κ3) is 2.96. The van der Waals surface area contributed by atoms with Crippen LogP contribution in [-0.4, -0.2) is 6.61 Å². The highest BCUT2D eigenvalue weighted by molar-refractivity contribution is 5.39. The van der Waals surface area contributed by atoms with Gasteiger partial charge in [-0.25, -0.2) is 0 Å². The first-order valence-corrected chi connectivity index (χ1v) is 7.85. The Morgan fingerprint density at radius 1 is 1.14 bits per heavy atom. The van der Waals surface area contributed by atoms with Crippen LogP contribution in [0.15, 0.2) is 48.5 Å². The summed E-state index contributed by atoms with van der Waals surface area (Å²) in [6, 6.07) is 17.0. The van der Waals surface area contributed by atoms with Crippen LogP contribution in [0.5, 0.6) is 5.75 Å². The van der Waals surface area contributed by atoms with E-state index in [4.69, 9.17) is 10.5 Å². The molecule has 2 atom stereocenters. The van der Waals surface area contributed by atoms with Gasteiger partial charge in [0.05, 0.1) is 6.61 Å². The molecular weight excluding hydrogens is 258 g/mol. The average molecular weight is 281 g/mol. The second-order valence-corrected chi connectivity index (χ2v) is 5.79. The Balaban J connectivity index is 1.75. The highest BCUT2D eigenvalue weighted by atomic mass is 16.5. The molecule has 0 saturated heterocycles. The van der Waals surface area contributed by atoms with Crippen LogP contribution < -0.4 is 10.5 Å². The summed E-state index contributed by atoms with van der Waals surface area (Å²) in [5, 5.41) is 0. The molecule has 2 aromatic rings. The van der Waals surface area contributed by atoms with Gasteiger partial charge in [-0.3, -0.25) is 0 Å². The van der Waals surface area contributed by atoms with E-state index in [1.807, 2.05) is 12.1 Å². The molecule has 0 amide bonds. The Kier molecular flexibility index (Phi) is 4.26. The topological polar surface area (TPSA) is 35.2 Å². The minimum atomic E-state index is 0.0638. The van der Waals surface area contributed by atoms with Crippen molar-refractivity contribution < 1.29 is 4.74 Å². The van der Waals surface area contributed by atoms with Crippen LogP contribution in [-0.2, 0) is 6.42 Å². The van der Waals surface area contributed by atoms with Gasteiger partial charge >= 0.3 is 0 Å². The lowest BCUT2D eigenvalue weighted by Gasteiger charge is -2.21. The summed E-state index contributed by atoms with van der Waals surface area (Å²) in [4.78, 5) is 0. The van der Waals surface area contributed by atoms with Gasteiger partial charge in [-0.15, -0.1) is 0 Å². The van der Waals surface area contributed by atoms with Crippen molar-refractivity contribution in [3.05, 3.63) is 65.2 Å². The van der Waals surface area contributed by atoms with Crippen molar-refractivity contribution in [3.8, 4) is 5.75 Å². The summed E-state index contributed by atoms with van der Waals surface area (Å²) in [5.41, 5.74) is 10.6. The largest absolute Gasteiger partial charge is 0.494 e. The first-order chi connectivity index (χ1) is 10.3. The molecule has 0 aromatic heterocycles. The van der Waals surface area contributed by atoms with Gasteiger partial charge in [0, 0.05) is 12.0 Å². The molecule has 2 nitrogen and oxygen atoms in total. The van der Waals surface area contributed by atoms with E-state index in [-0.39, 0.29) is 6.04 Å². The molecule has 0 aliphatic heterocycles. The van der Waals surface area contributed by atoms with E-state index in [1.54, 1.807) is 0 Å². The summed E-state index contributed by atoms with van der Waals surface area (Å²) < 4.78 is 5.63. The van der Waals surface area contributed by atoms with Crippen LogP contribution in [0.25, 0.3) is 0 Å². The highest BCUT2D eigenvalue weighted by Crippen LogP contribution is 2.40. The fourth-order valence-corrected chi connectivity index (χ4v) is 3.20. The lowest BCUT2D eigenvalue weighted by atomic mass is 9.89. The molecule has 0 spiro atoms. The van der Waals surface area contributed by atoms with Crippen LogP contribution in [0.2, 0.25) is 0 Å². The van der Waals surface area contributed by atoms with E-state index >= 15 is 0 Å². The van der Waals surface area contributed by atoms with Crippen molar-refractivity contribution in [1.82, 2.24) is 0 Å². The number of benzene rings is 2. The molecule has 2 heteroatoms. The maximum atomic E-state index is 6.52. The molecular formula is C19H23NO. The Bertz CT molecular complexity index is 591. The van der Waals surface area contributed by atoms with Crippen molar-refractivity contribution in [2.24, 2.45) is 5.73 Å². The number of aryl methyl sites for hydroxylation is 1. The number of ether oxygens (including phenoxy) is 1. The molecule has 3 rings (SSSR count).